The Morgan fingerprint density at radius 1 is 1.00 bits per heavy atom. The van der Waals surface area contributed by atoms with E-state index in [4.69, 9.17) is 9.47 Å². The highest BCUT2D eigenvalue weighted by Crippen LogP contribution is 2.41. The molecule has 2 aromatic carbocycles. The summed E-state index contributed by atoms with van der Waals surface area (Å²) in [5.74, 6) is 0.547. The number of hydrogen-bond acceptors (Lipinski definition) is 4. The zero-order valence-corrected chi connectivity index (χ0v) is 19.6. The third-order valence-corrected chi connectivity index (χ3v) is 4.89. The summed E-state index contributed by atoms with van der Waals surface area (Å²) in [6, 6.07) is 8.17. The highest BCUT2D eigenvalue weighted by atomic mass is 19.4. The average molecular weight is 479 g/mol. The Kier molecular flexibility index (Phi) is 6.73. The number of urea groups is 1. The molecule has 0 saturated heterocycles. The second-order valence-electron chi connectivity index (χ2n) is 9.67. The van der Waals surface area contributed by atoms with Crippen molar-refractivity contribution in [3.8, 4) is 5.75 Å². The number of rotatable bonds is 3. The van der Waals surface area contributed by atoms with Gasteiger partial charge in [-0.25, -0.2) is 9.59 Å². The zero-order valence-electron chi connectivity index (χ0n) is 19.6. The van der Waals surface area contributed by atoms with Crippen LogP contribution in [0.25, 0.3) is 0 Å². The first-order chi connectivity index (χ1) is 15.6. The van der Waals surface area contributed by atoms with Crippen LogP contribution in [0, 0.1) is 0 Å². The minimum absolute atomic E-state index is 0.220. The van der Waals surface area contributed by atoms with E-state index >= 15 is 0 Å². The van der Waals surface area contributed by atoms with Crippen molar-refractivity contribution < 1.29 is 32.2 Å². The van der Waals surface area contributed by atoms with Gasteiger partial charge in [-0.1, -0.05) is 0 Å². The lowest BCUT2D eigenvalue weighted by atomic mass is 9.89. The number of carbonyl (C=O) groups is 2. The van der Waals surface area contributed by atoms with E-state index in [1.54, 1.807) is 39.0 Å². The van der Waals surface area contributed by atoms with Gasteiger partial charge in [-0.3, -0.25) is 5.32 Å². The molecule has 1 aliphatic rings. The smallest absolute Gasteiger partial charge is 0.416 e. The predicted octanol–water partition coefficient (Wildman–Crippen LogP) is 6.48. The maximum atomic E-state index is 12.8. The number of halogens is 3. The molecule has 10 heteroatoms. The van der Waals surface area contributed by atoms with E-state index in [-0.39, 0.29) is 5.69 Å². The van der Waals surface area contributed by atoms with E-state index in [0.29, 0.717) is 23.4 Å². The van der Waals surface area contributed by atoms with Crippen LogP contribution in [0.3, 0.4) is 0 Å². The van der Waals surface area contributed by atoms with E-state index in [1.807, 2.05) is 13.8 Å². The molecular formula is C24H28F3N3O4. The van der Waals surface area contributed by atoms with Crippen LogP contribution in [-0.4, -0.2) is 23.3 Å². The summed E-state index contributed by atoms with van der Waals surface area (Å²) in [4.78, 5) is 24.8. The Balaban J connectivity index is 1.75. The van der Waals surface area contributed by atoms with E-state index in [1.165, 1.54) is 12.1 Å². The molecule has 34 heavy (non-hydrogen) atoms. The number of ether oxygens (including phenoxy) is 2. The Hall–Kier alpha value is -3.43. The molecule has 3 N–H and O–H groups in total. The standard InChI is InChI=1S/C24H28F3N3O4/c1-22(2,3)34-21(32)29-16-10-11-19-17(12-16)18(13-23(4,5)33-19)30-20(31)28-15-8-6-14(7-9-15)24(25,26)27/h6-12,18H,13H2,1-5H3,(H,29,32)(H2,28,30,31)/t18-/m1/s1. The molecule has 0 unspecified atom stereocenters. The normalized spacial score (nSPS) is 17.1. The van der Waals surface area contributed by atoms with Crippen molar-refractivity contribution in [2.45, 2.75) is 64.5 Å². The Labute approximate surface area is 196 Å². The van der Waals surface area contributed by atoms with Gasteiger partial charge in [-0.2, -0.15) is 13.2 Å². The molecule has 0 spiro atoms. The van der Waals surface area contributed by atoms with Gasteiger partial charge in [0.2, 0.25) is 0 Å². The van der Waals surface area contributed by atoms with Crippen LogP contribution < -0.4 is 20.7 Å². The lowest BCUT2D eigenvalue weighted by molar-refractivity contribution is -0.137. The van der Waals surface area contributed by atoms with Crippen molar-refractivity contribution in [1.29, 1.82) is 0 Å². The van der Waals surface area contributed by atoms with E-state index in [2.05, 4.69) is 16.0 Å². The third kappa shape index (κ3) is 6.79. The quantitative estimate of drug-likeness (QED) is 0.470. The number of alkyl halides is 3. The molecule has 7 nitrogen and oxygen atoms in total. The topological polar surface area (TPSA) is 88.7 Å². The molecule has 0 radical (unpaired) electrons. The lowest BCUT2D eigenvalue weighted by Gasteiger charge is -2.38. The predicted molar refractivity (Wildman–Crippen MR) is 122 cm³/mol. The molecule has 1 heterocycles. The van der Waals surface area contributed by atoms with Gasteiger partial charge in [-0.15, -0.1) is 0 Å². The van der Waals surface area contributed by atoms with Crippen molar-refractivity contribution in [1.82, 2.24) is 5.32 Å². The van der Waals surface area contributed by atoms with Gasteiger partial charge < -0.3 is 20.1 Å². The van der Waals surface area contributed by atoms with Gasteiger partial charge in [0, 0.05) is 23.4 Å². The lowest BCUT2D eigenvalue weighted by Crippen LogP contribution is -2.42. The first-order valence-electron chi connectivity index (χ1n) is 10.7. The highest BCUT2D eigenvalue weighted by molar-refractivity contribution is 5.90. The van der Waals surface area contributed by atoms with Crippen LogP contribution in [0.4, 0.5) is 34.1 Å². The number of nitrogens with one attached hydrogen (secondary N) is 3. The Bertz CT molecular complexity index is 1060. The molecule has 1 atom stereocenters. The zero-order chi connectivity index (χ0) is 25.3. The fourth-order valence-electron chi connectivity index (χ4n) is 3.55. The first kappa shape index (κ1) is 25.2. The summed E-state index contributed by atoms with van der Waals surface area (Å²) in [5.41, 5.74) is -0.714. The molecule has 2 aromatic rings. The largest absolute Gasteiger partial charge is 0.487 e. The number of hydrogen-bond donors (Lipinski definition) is 3. The van der Waals surface area contributed by atoms with Crippen molar-refractivity contribution in [2.24, 2.45) is 0 Å². The summed E-state index contributed by atoms with van der Waals surface area (Å²) >= 11 is 0. The van der Waals surface area contributed by atoms with Crippen LogP contribution in [0.2, 0.25) is 0 Å². The number of carbonyl (C=O) groups excluding carboxylic acids is 2. The van der Waals surface area contributed by atoms with Crippen molar-refractivity contribution in [3.05, 3.63) is 53.6 Å². The fourth-order valence-corrected chi connectivity index (χ4v) is 3.55. The maximum absolute atomic E-state index is 12.8. The second kappa shape index (κ2) is 9.08. The first-order valence-corrected chi connectivity index (χ1v) is 10.7. The van der Waals surface area contributed by atoms with Gasteiger partial charge >= 0.3 is 18.3 Å². The number of fused-ring (bicyclic) bond motifs is 1. The highest BCUT2D eigenvalue weighted by Gasteiger charge is 2.35. The molecule has 184 valence electrons. The van der Waals surface area contributed by atoms with Crippen molar-refractivity contribution in [2.75, 3.05) is 10.6 Å². The van der Waals surface area contributed by atoms with Gasteiger partial charge in [0.25, 0.3) is 0 Å². The van der Waals surface area contributed by atoms with Crippen LogP contribution >= 0.6 is 0 Å². The summed E-state index contributed by atoms with van der Waals surface area (Å²) in [6.45, 7) is 9.02. The molecule has 1 aliphatic heterocycles. The third-order valence-electron chi connectivity index (χ3n) is 4.89. The van der Waals surface area contributed by atoms with Gasteiger partial charge in [0.15, 0.2) is 0 Å². The second-order valence-corrected chi connectivity index (χ2v) is 9.67. The molecule has 0 aromatic heterocycles. The SMILES string of the molecule is CC(C)(C)OC(=O)Nc1ccc2c(c1)[C@H](NC(=O)Nc1ccc(C(F)(F)F)cc1)CC(C)(C)O2. The molecule has 3 amide bonds. The minimum atomic E-state index is -4.46. The average Bonchev–Trinajstić information content (AvgIpc) is 2.66. The number of amides is 3. The molecule has 3 rings (SSSR count). The monoisotopic (exact) mass is 479 g/mol. The molecule has 0 saturated carbocycles. The molecule has 0 aliphatic carbocycles. The maximum Gasteiger partial charge on any atom is 0.416 e. The van der Waals surface area contributed by atoms with E-state index < -0.39 is 41.1 Å². The van der Waals surface area contributed by atoms with E-state index in [9.17, 15) is 22.8 Å². The Morgan fingerprint density at radius 2 is 1.62 bits per heavy atom. The van der Waals surface area contributed by atoms with Crippen molar-refractivity contribution in [3.63, 3.8) is 0 Å². The number of benzene rings is 2. The molecular weight excluding hydrogens is 451 g/mol. The van der Waals surface area contributed by atoms with Gasteiger partial charge in [-0.05, 0) is 77.1 Å². The van der Waals surface area contributed by atoms with E-state index in [0.717, 1.165) is 12.1 Å². The minimum Gasteiger partial charge on any atom is -0.487 e. The van der Waals surface area contributed by atoms with Gasteiger partial charge in [0.05, 0.1) is 11.6 Å². The summed E-state index contributed by atoms with van der Waals surface area (Å²) in [6.07, 6.45) is -4.64. The summed E-state index contributed by atoms with van der Waals surface area (Å²) < 4.78 is 49.5. The summed E-state index contributed by atoms with van der Waals surface area (Å²) in [7, 11) is 0. The van der Waals surface area contributed by atoms with Crippen LogP contribution in [0.15, 0.2) is 42.5 Å². The van der Waals surface area contributed by atoms with Crippen LogP contribution in [0.5, 0.6) is 5.75 Å². The van der Waals surface area contributed by atoms with Crippen LogP contribution in [0.1, 0.15) is 58.2 Å². The summed E-state index contributed by atoms with van der Waals surface area (Å²) in [5, 5.41) is 8.06. The van der Waals surface area contributed by atoms with Crippen molar-refractivity contribution >= 4 is 23.5 Å². The Morgan fingerprint density at radius 3 is 2.21 bits per heavy atom. The van der Waals surface area contributed by atoms with Gasteiger partial charge in [0.1, 0.15) is 17.0 Å². The molecule has 0 fully saturated rings. The molecule has 0 bridgehead atoms. The number of anilines is 2. The van der Waals surface area contributed by atoms with Crippen LogP contribution in [-0.2, 0) is 10.9 Å². The fraction of sp³-hybridized carbons (Fsp3) is 0.417.